The monoisotopic (exact) mass is 507 g/mol. The van der Waals surface area contributed by atoms with Crippen LogP contribution in [0.25, 0.3) is 10.9 Å². The number of methoxy groups -OCH3 is 2. The number of hydrogen-bond donors (Lipinski definition) is 1. The third kappa shape index (κ3) is 5.99. The molecule has 0 amide bonds. The Hall–Kier alpha value is -3.42. The summed E-state index contributed by atoms with van der Waals surface area (Å²) in [5.74, 6) is 3.26. The number of hydrogen-bond acceptors (Lipinski definition) is 6. The molecule has 1 aromatic heterocycles. The summed E-state index contributed by atoms with van der Waals surface area (Å²) in [6.07, 6.45) is 1.69. The number of rotatable bonds is 7. The molecule has 0 bridgehead atoms. The fraction of sp³-hybridized carbons (Fsp3) is 0.185. The lowest BCUT2D eigenvalue weighted by Crippen LogP contribution is -2.08. The van der Waals surface area contributed by atoms with Crippen molar-refractivity contribution in [3.63, 3.8) is 0 Å². The minimum absolute atomic E-state index is 0.525. The zero-order valence-electron chi connectivity index (χ0n) is 20.0. The molecule has 4 rings (SSSR count). The smallest absolute Gasteiger partial charge is 0.162 e. The van der Waals surface area contributed by atoms with Crippen molar-refractivity contribution >= 4 is 45.1 Å². The second-order valence-electron chi connectivity index (χ2n) is 7.71. The Labute approximate surface area is 214 Å². The van der Waals surface area contributed by atoms with Gasteiger partial charge in [-0.25, -0.2) is 0 Å². The highest BCUT2D eigenvalue weighted by Gasteiger charge is 2.13. The fourth-order valence-corrected chi connectivity index (χ4v) is 4.46. The van der Waals surface area contributed by atoms with Crippen molar-refractivity contribution in [1.82, 2.24) is 4.98 Å². The van der Waals surface area contributed by atoms with Gasteiger partial charge in [0.15, 0.2) is 16.7 Å². The number of nitrogens with one attached hydrogen (secondary N) is 1. The van der Waals surface area contributed by atoms with Crippen LogP contribution in [0.3, 0.4) is 0 Å². The number of nitrogens with zero attached hydrogens (tertiary/aromatic N) is 2. The Morgan fingerprint density at radius 2 is 1.71 bits per heavy atom. The van der Waals surface area contributed by atoms with Gasteiger partial charge in [-0.15, -0.1) is 0 Å². The van der Waals surface area contributed by atoms with E-state index in [-0.39, 0.29) is 0 Å². The molecule has 0 aliphatic heterocycles. The molecule has 6 nitrogen and oxygen atoms in total. The van der Waals surface area contributed by atoms with E-state index in [1.54, 1.807) is 51.4 Å². The molecule has 4 aromatic rings. The van der Waals surface area contributed by atoms with Crippen LogP contribution >= 0.6 is 23.4 Å². The first-order chi connectivity index (χ1) is 17.0. The zero-order valence-corrected chi connectivity index (χ0v) is 21.5. The number of thioether (sulfide) groups is 1. The van der Waals surface area contributed by atoms with E-state index in [2.05, 4.69) is 46.5 Å². The van der Waals surface area contributed by atoms with Crippen molar-refractivity contribution < 1.29 is 14.2 Å². The molecule has 0 unspecified atom stereocenters. The lowest BCUT2D eigenvalue weighted by Gasteiger charge is -2.14. The van der Waals surface area contributed by atoms with Crippen molar-refractivity contribution in [2.75, 3.05) is 26.6 Å². The number of ether oxygens (including phenoxy) is 3. The second-order valence-corrected chi connectivity index (χ2v) is 9.08. The van der Waals surface area contributed by atoms with Gasteiger partial charge in [-0.3, -0.25) is 9.98 Å². The predicted molar refractivity (Wildman–Crippen MR) is 146 cm³/mol. The van der Waals surface area contributed by atoms with Crippen LogP contribution in [-0.4, -0.2) is 31.4 Å². The van der Waals surface area contributed by atoms with E-state index >= 15 is 0 Å². The number of aromatic nitrogens is 1. The highest BCUT2D eigenvalue weighted by Crippen LogP contribution is 2.38. The number of pyridine rings is 1. The van der Waals surface area contributed by atoms with Crippen LogP contribution in [0.5, 0.6) is 23.0 Å². The van der Waals surface area contributed by atoms with Crippen LogP contribution in [0.2, 0.25) is 5.02 Å². The number of aliphatic imine (C=N–C) groups is 1. The van der Waals surface area contributed by atoms with Crippen LogP contribution in [-0.2, 0) is 5.75 Å². The van der Waals surface area contributed by atoms with E-state index in [0.29, 0.717) is 28.0 Å². The van der Waals surface area contributed by atoms with Crippen molar-refractivity contribution in [2.45, 2.75) is 12.7 Å². The van der Waals surface area contributed by atoms with Gasteiger partial charge in [-0.05, 0) is 36.8 Å². The number of aryl methyl sites for hydroxylation is 1. The molecule has 0 atom stereocenters. The highest BCUT2D eigenvalue weighted by molar-refractivity contribution is 8.13. The lowest BCUT2D eigenvalue weighted by atomic mass is 10.2. The third-order valence-electron chi connectivity index (χ3n) is 5.32. The molecule has 0 spiro atoms. The second kappa shape index (κ2) is 11.3. The molecule has 0 aliphatic rings. The minimum Gasteiger partial charge on any atom is -0.493 e. The molecule has 0 radical (unpaired) electrons. The van der Waals surface area contributed by atoms with Crippen molar-refractivity contribution in [3.8, 4) is 23.0 Å². The van der Waals surface area contributed by atoms with Gasteiger partial charge >= 0.3 is 0 Å². The van der Waals surface area contributed by atoms with E-state index in [4.69, 9.17) is 25.8 Å². The van der Waals surface area contributed by atoms with Crippen LogP contribution in [0.4, 0.5) is 5.69 Å². The standard InChI is InChI=1S/C27H26ClN3O3S/c1-17-5-7-18(8-6-17)16-35-27(29-2)31-22-10-9-19(13-21(22)28)34-24-11-12-30-23-15-26(33-4)25(32-3)14-20(23)24/h5-15H,16H2,1-4H3,(H,29,31). The largest absolute Gasteiger partial charge is 0.493 e. The summed E-state index contributed by atoms with van der Waals surface area (Å²) in [5.41, 5.74) is 3.96. The fourth-order valence-electron chi connectivity index (χ4n) is 3.43. The summed E-state index contributed by atoms with van der Waals surface area (Å²) in [6.45, 7) is 2.08. The highest BCUT2D eigenvalue weighted by atomic mass is 35.5. The maximum absolute atomic E-state index is 6.58. The summed E-state index contributed by atoms with van der Waals surface area (Å²) in [4.78, 5) is 8.78. The first kappa shape index (κ1) is 24.7. The number of benzene rings is 3. The van der Waals surface area contributed by atoms with Crippen LogP contribution in [0, 0.1) is 6.92 Å². The molecule has 1 N–H and O–H groups in total. The van der Waals surface area contributed by atoms with Crippen molar-refractivity contribution in [1.29, 1.82) is 0 Å². The van der Waals surface area contributed by atoms with Crippen LogP contribution < -0.4 is 19.5 Å². The summed E-state index contributed by atoms with van der Waals surface area (Å²) >= 11 is 8.20. The predicted octanol–water partition coefficient (Wildman–Crippen LogP) is 7.34. The SMILES string of the molecule is CN=C(Nc1ccc(Oc2ccnc3cc(OC)c(OC)cc23)cc1Cl)SCc1ccc(C)cc1. The van der Waals surface area contributed by atoms with Gasteiger partial charge in [0.05, 0.1) is 30.4 Å². The van der Waals surface area contributed by atoms with Gasteiger partial charge in [0.25, 0.3) is 0 Å². The Kier molecular flexibility index (Phi) is 8.00. The topological polar surface area (TPSA) is 65.0 Å². The summed E-state index contributed by atoms with van der Waals surface area (Å²) in [5, 5.41) is 5.42. The van der Waals surface area contributed by atoms with Gasteiger partial charge in [-0.1, -0.05) is 53.2 Å². The van der Waals surface area contributed by atoms with E-state index < -0.39 is 0 Å². The minimum atomic E-state index is 0.525. The Morgan fingerprint density at radius 1 is 0.971 bits per heavy atom. The summed E-state index contributed by atoms with van der Waals surface area (Å²) in [7, 11) is 4.95. The Morgan fingerprint density at radius 3 is 2.40 bits per heavy atom. The van der Waals surface area contributed by atoms with E-state index in [0.717, 1.165) is 27.5 Å². The van der Waals surface area contributed by atoms with Crippen LogP contribution in [0.15, 0.2) is 71.9 Å². The van der Waals surface area contributed by atoms with Crippen molar-refractivity contribution in [3.05, 3.63) is 83.0 Å². The zero-order chi connectivity index (χ0) is 24.8. The van der Waals surface area contributed by atoms with Gasteiger partial charge in [0.2, 0.25) is 0 Å². The number of fused-ring (bicyclic) bond motifs is 1. The lowest BCUT2D eigenvalue weighted by molar-refractivity contribution is 0.355. The molecule has 0 fully saturated rings. The Balaban J connectivity index is 1.49. The van der Waals surface area contributed by atoms with Gasteiger partial charge in [0.1, 0.15) is 11.5 Å². The van der Waals surface area contributed by atoms with Gasteiger partial charge in [-0.2, -0.15) is 0 Å². The number of halogens is 1. The molecule has 0 aliphatic carbocycles. The van der Waals surface area contributed by atoms with Gasteiger partial charge in [0, 0.05) is 36.5 Å². The van der Waals surface area contributed by atoms with E-state index in [1.807, 2.05) is 24.3 Å². The van der Waals surface area contributed by atoms with Crippen LogP contribution in [0.1, 0.15) is 11.1 Å². The molecule has 3 aromatic carbocycles. The van der Waals surface area contributed by atoms with E-state index in [9.17, 15) is 0 Å². The average molecular weight is 508 g/mol. The number of amidine groups is 1. The molecule has 1 heterocycles. The maximum atomic E-state index is 6.58. The summed E-state index contributed by atoms with van der Waals surface area (Å²) in [6, 6.07) is 19.5. The molecular weight excluding hydrogens is 482 g/mol. The molecular formula is C27H26ClN3O3S. The first-order valence-electron chi connectivity index (χ1n) is 10.9. The molecule has 0 saturated carbocycles. The number of anilines is 1. The average Bonchev–Trinajstić information content (AvgIpc) is 2.88. The van der Waals surface area contributed by atoms with E-state index in [1.165, 1.54) is 11.1 Å². The molecule has 0 saturated heterocycles. The van der Waals surface area contributed by atoms with Gasteiger partial charge < -0.3 is 19.5 Å². The summed E-state index contributed by atoms with van der Waals surface area (Å²) < 4.78 is 17.0. The third-order valence-corrected chi connectivity index (χ3v) is 6.66. The maximum Gasteiger partial charge on any atom is 0.162 e. The molecule has 8 heteroatoms. The quantitative estimate of drug-likeness (QED) is 0.208. The molecule has 35 heavy (non-hydrogen) atoms. The normalized spacial score (nSPS) is 11.4. The first-order valence-corrected chi connectivity index (χ1v) is 12.3. The van der Waals surface area contributed by atoms with Crippen molar-refractivity contribution in [2.24, 2.45) is 4.99 Å². The Bertz CT molecular complexity index is 1360. The molecule has 180 valence electrons.